The van der Waals surface area contributed by atoms with Crippen LogP contribution >= 0.6 is 0 Å². The Hall–Kier alpha value is -3.23. The number of aryl methyl sites for hydroxylation is 3. The maximum absolute atomic E-state index is 12.0. The highest BCUT2D eigenvalue weighted by Crippen LogP contribution is 2.38. The van der Waals surface area contributed by atoms with E-state index in [1.165, 1.54) is 21.3 Å². The Balaban J connectivity index is 1.87. The first-order valence-electron chi connectivity index (χ1n) is 8.75. The zero-order valence-corrected chi connectivity index (χ0v) is 16.8. The van der Waals surface area contributed by atoms with E-state index >= 15 is 0 Å². The van der Waals surface area contributed by atoms with Gasteiger partial charge in [0.25, 0.3) is 5.91 Å². The van der Waals surface area contributed by atoms with E-state index in [1.54, 1.807) is 16.8 Å². The van der Waals surface area contributed by atoms with Crippen molar-refractivity contribution in [3.8, 4) is 17.2 Å². The number of rotatable bonds is 8. The van der Waals surface area contributed by atoms with Gasteiger partial charge in [-0.3, -0.25) is 25.1 Å². The minimum Gasteiger partial charge on any atom is -0.493 e. The van der Waals surface area contributed by atoms with Gasteiger partial charge in [0.15, 0.2) is 11.5 Å². The molecule has 1 heterocycles. The van der Waals surface area contributed by atoms with Crippen LogP contribution in [0.25, 0.3) is 0 Å². The highest BCUT2D eigenvalue weighted by molar-refractivity contribution is 5.82. The zero-order chi connectivity index (χ0) is 20.7. The van der Waals surface area contributed by atoms with Crippen molar-refractivity contribution in [3.05, 3.63) is 35.2 Å². The van der Waals surface area contributed by atoms with E-state index in [4.69, 9.17) is 14.2 Å². The van der Waals surface area contributed by atoms with Crippen LogP contribution in [0.3, 0.4) is 0 Å². The Labute approximate surface area is 163 Å². The number of nitrogens with zero attached hydrogens (tertiary/aromatic N) is 2. The number of aromatic nitrogens is 2. The maximum atomic E-state index is 12.0. The number of ether oxygens (including phenoxy) is 3. The molecule has 2 N–H and O–H groups in total. The summed E-state index contributed by atoms with van der Waals surface area (Å²) in [6, 6.07) is 5.45. The molecule has 9 nitrogen and oxygen atoms in total. The number of amides is 2. The van der Waals surface area contributed by atoms with Crippen LogP contribution in [0.1, 0.15) is 23.4 Å². The van der Waals surface area contributed by atoms with Crippen molar-refractivity contribution in [2.75, 3.05) is 21.3 Å². The van der Waals surface area contributed by atoms with Crippen LogP contribution in [0.4, 0.5) is 0 Å². The van der Waals surface area contributed by atoms with Crippen molar-refractivity contribution < 1.29 is 23.8 Å². The lowest BCUT2D eigenvalue weighted by Gasteiger charge is -2.14. The van der Waals surface area contributed by atoms with Gasteiger partial charge in [-0.2, -0.15) is 5.10 Å². The minimum absolute atomic E-state index is 0.0346. The Morgan fingerprint density at radius 2 is 1.57 bits per heavy atom. The number of benzene rings is 1. The van der Waals surface area contributed by atoms with Crippen molar-refractivity contribution in [2.24, 2.45) is 0 Å². The number of hydrogen-bond acceptors (Lipinski definition) is 6. The van der Waals surface area contributed by atoms with Crippen LogP contribution in [-0.4, -0.2) is 42.9 Å². The molecule has 2 amide bonds. The molecule has 0 unspecified atom stereocenters. The number of methoxy groups -OCH3 is 3. The predicted molar refractivity (Wildman–Crippen MR) is 102 cm³/mol. The third-order valence-corrected chi connectivity index (χ3v) is 4.10. The first-order valence-corrected chi connectivity index (χ1v) is 8.75. The van der Waals surface area contributed by atoms with Crippen molar-refractivity contribution in [3.63, 3.8) is 0 Å². The smallest absolute Gasteiger partial charge is 0.260 e. The molecule has 0 bridgehead atoms. The summed E-state index contributed by atoms with van der Waals surface area (Å²) in [6.07, 6.45) is 0.620. The number of carbonyl (C=O) groups excluding carboxylic acids is 2. The summed E-state index contributed by atoms with van der Waals surface area (Å²) >= 11 is 0. The average Bonchev–Trinajstić information content (AvgIpc) is 3.00. The summed E-state index contributed by atoms with van der Waals surface area (Å²) in [5, 5.41) is 4.21. The second kappa shape index (κ2) is 9.63. The second-order valence-corrected chi connectivity index (χ2v) is 6.21. The zero-order valence-electron chi connectivity index (χ0n) is 16.8. The fourth-order valence-corrected chi connectivity index (χ4v) is 2.75. The predicted octanol–water partition coefficient (Wildman–Crippen LogP) is 1.31. The molecular formula is C19H26N4O5. The van der Waals surface area contributed by atoms with E-state index in [0.717, 1.165) is 17.0 Å². The van der Waals surface area contributed by atoms with Gasteiger partial charge in [0, 0.05) is 12.1 Å². The lowest BCUT2D eigenvalue weighted by atomic mass is 10.1. The molecule has 0 atom stereocenters. The molecule has 0 saturated heterocycles. The third-order valence-electron chi connectivity index (χ3n) is 4.10. The lowest BCUT2D eigenvalue weighted by molar-refractivity contribution is -0.129. The molecule has 28 heavy (non-hydrogen) atoms. The van der Waals surface area contributed by atoms with Crippen molar-refractivity contribution in [1.82, 2.24) is 20.6 Å². The molecule has 9 heteroatoms. The molecule has 2 aromatic rings. The summed E-state index contributed by atoms with van der Waals surface area (Å²) in [7, 11) is 4.60. The number of nitrogens with one attached hydrogen (secondary N) is 2. The van der Waals surface area contributed by atoms with E-state index < -0.39 is 0 Å². The van der Waals surface area contributed by atoms with Crippen LogP contribution < -0.4 is 25.1 Å². The Bertz CT molecular complexity index is 822. The third kappa shape index (κ3) is 5.38. The average molecular weight is 390 g/mol. The SMILES string of the molecule is COc1cc(CCC(=O)NNC(=O)Cn2nc(C)cc2C)cc(OC)c1OC. The van der Waals surface area contributed by atoms with E-state index in [1.807, 2.05) is 19.9 Å². The highest BCUT2D eigenvalue weighted by atomic mass is 16.5. The molecule has 0 aliphatic carbocycles. The topological polar surface area (TPSA) is 104 Å². The van der Waals surface area contributed by atoms with Gasteiger partial charge in [-0.25, -0.2) is 0 Å². The van der Waals surface area contributed by atoms with Crippen LogP contribution in [0.2, 0.25) is 0 Å². The normalized spacial score (nSPS) is 10.3. The van der Waals surface area contributed by atoms with Gasteiger partial charge in [0.2, 0.25) is 11.7 Å². The van der Waals surface area contributed by atoms with Gasteiger partial charge in [-0.05, 0) is 44.0 Å². The van der Waals surface area contributed by atoms with Crippen LogP contribution in [0.5, 0.6) is 17.2 Å². The van der Waals surface area contributed by atoms with Crippen LogP contribution in [-0.2, 0) is 22.6 Å². The van der Waals surface area contributed by atoms with Gasteiger partial charge in [-0.1, -0.05) is 0 Å². The molecule has 0 saturated carbocycles. The lowest BCUT2D eigenvalue weighted by Crippen LogP contribution is -2.43. The molecule has 0 fully saturated rings. The molecule has 1 aromatic heterocycles. The maximum Gasteiger partial charge on any atom is 0.260 e. The van der Waals surface area contributed by atoms with Gasteiger partial charge in [0.05, 0.1) is 27.0 Å². The van der Waals surface area contributed by atoms with E-state index in [9.17, 15) is 9.59 Å². The summed E-state index contributed by atoms with van der Waals surface area (Å²) in [5.74, 6) is 0.878. The number of hydrogen-bond donors (Lipinski definition) is 2. The Morgan fingerprint density at radius 1 is 0.964 bits per heavy atom. The van der Waals surface area contributed by atoms with Crippen molar-refractivity contribution in [1.29, 1.82) is 0 Å². The van der Waals surface area contributed by atoms with Crippen molar-refractivity contribution in [2.45, 2.75) is 33.2 Å². The van der Waals surface area contributed by atoms with Crippen LogP contribution in [0, 0.1) is 13.8 Å². The summed E-state index contributed by atoms with van der Waals surface area (Å²) < 4.78 is 17.5. The quantitative estimate of drug-likeness (QED) is 0.659. The summed E-state index contributed by atoms with van der Waals surface area (Å²) in [5.41, 5.74) is 7.37. The molecular weight excluding hydrogens is 364 g/mol. The minimum atomic E-state index is -0.354. The van der Waals surface area contributed by atoms with E-state index in [-0.39, 0.29) is 24.8 Å². The molecule has 2 rings (SSSR count). The molecule has 0 aliphatic rings. The summed E-state index contributed by atoms with van der Waals surface area (Å²) in [4.78, 5) is 24.0. The van der Waals surface area contributed by atoms with E-state index in [0.29, 0.717) is 23.7 Å². The Morgan fingerprint density at radius 3 is 2.07 bits per heavy atom. The second-order valence-electron chi connectivity index (χ2n) is 6.21. The fraction of sp³-hybridized carbons (Fsp3) is 0.421. The molecule has 0 aliphatic heterocycles. The first-order chi connectivity index (χ1) is 13.4. The highest BCUT2D eigenvalue weighted by Gasteiger charge is 2.14. The van der Waals surface area contributed by atoms with Gasteiger partial charge in [0.1, 0.15) is 6.54 Å². The monoisotopic (exact) mass is 390 g/mol. The molecule has 152 valence electrons. The standard InChI is InChI=1S/C19H26N4O5/c1-12-8-13(2)23(22-12)11-18(25)21-20-17(24)7-6-14-9-15(26-3)19(28-5)16(10-14)27-4/h8-10H,6-7,11H2,1-5H3,(H,20,24)(H,21,25). The first kappa shape index (κ1) is 21.1. The van der Waals surface area contributed by atoms with Crippen LogP contribution in [0.15, 0.2) is 18.2 Å². The fourth-order valence-electron chi connectivity index (χ4n) is 2.75. The number of hydrazine groups is 1. The molecule has 1 aromatic carbocycles. The Kier molecular flexibility index (Phi) is 7.25. The van der Waals surface area contributed by atoms with Gasteiger partial charge < -0.3 is 14.2 Å². The summed E-state index contributed by atoms with van der Waals surface area (Å²) in [6.45, 7) is 3.75. The molecule has 0 radical (unpaired) electrons. The van der Waals surface area contributed by atoms with Gasteiger partial charge >= 0.3 is 0 Å². The number of carbonyl (C=O) groups is 2. The van der Waals surface area contributed by atoms with Crippen molar-refractivity contribution >= 4 is 11.8 Å². The molecule has 0 spiro atoms. The largest absolute Gasteiger partial charge is 0.493 e. The van der Waals surface area contributed by atoms with E-state index in [2.05, 4.69) is 16.0 Å². The van der Waals surface area contributed by atoms with Gasteiger partial charge in [-0.15, -0.1) is 0 Å².